The molecule has 1 atom stereocenters. The molecule has 1 unspecified atom stereocenters. The van der Waals surface area contributed by atoms with Gasteiger partial charge < -0.3 is 9.84 Å². The first-order valence-corrected chi connectivity index (χ1v) is 4.99. The first kappa shape index (κ1) is 12.5. The van der Waals surface area contributed by atoms with Crippen LogP contribution in [-0.4, -0.2) is 22.7 Å². The molecule has 1 rings (SSSR count). The van der Waals surface area contributed by atoms with Gasteiger partial charge in [-0.2, -0.15) is 0 Å². The second-order valence-corrected chi connectivity index (χ2v) is 3.13. The van der Waals surface area contributed by atoms with Crippen LogP contribution in [0.15, 0.2) is 18.3 Å². The van der Waals surface area contributed by atoms with Gasteiger partial charge in [0, 0.05) is 17.7 Å². The van der Waals surface area contributed by atoms with Crippen LogP contribution < -0.4 is 0 Å². The molecular formula is C11H10ClNO3. The molecule has 84 valence electrons. The van der Waals surface area contributed by atoms with Gasteiger partial charge in [-0.1, -0.05) is 23.6 Å². The Balaban J connectivity index is 2.76. The van der Waals surface area contributed by atoms with Crippen LogP contribution in [0.4, 0.5) is 0 Å². The number of aliphatic hydroxyl groups excluding tert-OH is 1. The fraction of sp³-hybridized carbons (Fsp3) is 0.273. The minimum Gasteiger partial charge on any atom is -0.456 e. The van der Waals surface area contributed by atoms with Gasteiger partial charge in [-0.05, 0) is 13.0 Å². The Morgan fingerprint density at radius 3 is 3.12 bits per heavy atom. The molecule has 0 bridgehead atoms. The normalized spacial score (nSPS) is 11.2. The number of aliphatic hydroxyl groups is 1. The quantitative estimate of drug-likeness (QED) is 0.366. The summed E-state index contributed by atoms with van der Waals surface area (Å²) in [4.78, 5) is 14.7. The van der Waals surface area contributed by atoms with E-state index in [1.54, 1.807) is 19.1 Å². The van der Waals surface area contributed by atoms with E-state index < -0.39 is 12.1 Å². The van der Waals surface area contributed by atoms with Crippen molar-refractivity contribution in [3.05, 3.63) is 29.0 Å². The first-order chi connectivity index (χ1) is 7.65. The molecule has 4 nitrogen and oxygen atoms in total. The third-order valence-electron chi connectivity index (χ3n) is 1.67. The Kier molecular flexibility index (Phi) is 4.77. The van der Waals surface area contributed by atoms with Gasteiger partial charge >= 0.3 is 5.97 Å². The SMILES string of the molecule is CCOC(=O)C#CC(O)c1cccnc1Cl. The average molecular weight is 240 g/mol. The van der Waals surface area contributed by atoms with E-state index in [0.29, 0.717) is 5.56 Å². The predicted octanol–water partition coefficient (Wildman–Crippen LogP) is 1.33. The minimum absolute atomic E-state index is 0.160. The molecule has 1 aromatic rings. The van der Waals surface area contributed by atoms with Crippen LogP contribution in [0.3, 0.4) is 0 Å². The molecule has 1 aromatic heterocycles. The van der Waals surface area contributed by atoms with Crippen LogP contribution in [-0.2, 0) is 9.53 Å². The molecule has 0 spiro atoms. The number of ether oxygens (including phenoxy) is 1. The zero-order valence-electron chi connectivity index (χ0n) is 8.61. The molecular weight excluding hydrogens is 230 g/mol. The summed E-state index contributed by atoms with van der Waals surface area (Å²) >= 11 is 5.74. The van der Waals surface area contributed by atoms with E-state index in [1.165, 1.54) is 6.20 Å². The maximum absolute atomic E-state index is 10.9. The molecule has 0 aromatic carbocycles. The molecule has 1 N–H and O–H groups in total. The fourth-order valence-electron chi connectivity index (χ4n) is 0.975. The Morgan fingerprint density at radius 2 is 2.50 bits per heavy atom. The average Bonchev–Trinajstić information content (AvgIpc) is 2.27. The summed E-state index contributed by atoms with van der Waals surface area (Å²) in [6.07, 6.45) is 0.350. The lowest BCUT2D eigenvalue weighted by molar-refractivity contribution is -0.136. The second kappa shape index (κ2) is 6.11. The molecule has 1 heterocycles. The third kappa shape index (κ3) is 3.54. The lowest BCUT2D eigenvalue weighted by atomic mass is 10.2. The van der Waals surface area contributed by atoms with Crippen molar-refractivity contribution in [3.63, 3.8) is 0 Å². The number of rotatable bonds is 2. The van der Waals surface area contributed by atoms with E-state index in [-0.39, 0.29) is 11.8 Å². The number of halogens is 1. The van der Waals surface area contributed by atoms with Gasteiger partial charge in [0.2, 0.25) is 0 Å². The zero-order chi connectivity index (χ0) is 12.0. The molecule has 0 amide bonds. The summed E-state index contributed by atoms with van der Waals surface area (Å²) < 4.78 is 4.59. The monoisotopic (exact) mass is 239 g/mol. The van der Waals surface area contributed by atoms with Crippen LogP contribution in [0.1, 0.15) is 18.6 Å². The van der Waals surface area contributed by atoms with Crippen molar-refractivity contribution in [1.82, 2.24) is 4.98 Å². The number of carbonyl (C=O) groups is 1. The van der Waals surface area contributed by atoms with E-state index in [1.807, 2.05) is 0 Å². The Hall–Kier alpha value is -1.57. The summed E-state index contributed by atoms with van der Waals surface area (Å²) in [6.45, 7) is 1.92. The summed E-state index contributed by atoms with van der Waals surface area (Å²) in [6, 6.07) is 3.20. The van der Waals surface area contributed by atoms with Crippen LogP contribution in [0.2, 0.25) is 5.15 Å². The predicted molar refractivity (Wildman–Crippen MR) is 58.6 cm³/mol. The van der Waals surface area contributed by atoms with Gasteiger partial charge in [-0.25, -0.2) is 9.78 Å². The van der Waals surface area contributed by atoms with Crippen molar-refractivity contribution < 1.29 is 14.6 Å². The fourth-order valence-corrected chi connectivity index (χ4v) is 1.20. The summed E-state index contributed by atoms with van der Waals surface area (Å²) in [7, 11) is 0. The summed E-state index contributed by atoms with van der Waals surface area (Å²) in [5.41, 5.74) is 0.362. The number of esters is 1. The van der Waals surface area contributed by atoms with Crippen LogP contribution in [0.5, 0.6) is 0 Å². The Morgan fingerprint density at radius 1 is 1.75 bits per heavy atom. The highest BCUT2D eigenvalue weighted by Gasteiger charge is 2.09. The van der Waals surface area contributed by atoms with Crippen LogP contribution >= 0.6 is 11.6 Å². The lowest BCUT2D eigenvalue weighted by Gasteiger charge is -2.04. The number of pyridine rings is 1. The number of nitrogens with zero attached hydrogens (tertiary/aromatic N) is 1. The number of aromatic nitrogens is 1. The molecule has 0 aliphatic rings. The van der Waals surface area contributed by atoms with Gasteiger partial charge in [0.1, 0.15) is 11.3 Å². The number of hydrogen-bond donors (Lipinski definition) is 1. The van der Waals surface area contributed by atoms with Crippen molar-refractivity contribution in [3.8, 4) is 11.8 Å². The third-order valence-corrected chi connectivity index (χ3v) is 1.98. The Labute approximate surface area is 98.2 Å². The van der Waals surface area contributed by atoms with Gasteiger partial charge in [0.05, 0.1) is 6.61 Å². The molecule has 0 saturated heterocycles. The summed E-state index contributed by atoms with van der Waals surface area (Å²) in [5.74, 6) is 3.81. The van der Waals surface area contributed by atoms with Crippen molar-refractivity contribution >= 4 is 17.6 Å². The molecule has 0 aliphatic carbocycles. The van der Waals surface area contributed by atoms with Crippen molar-refractivity contribution in [2.24, 2.45) is 0 Å². The van der Waals surface area contributed by atoms with E-state index in [9.17, 15) is 9.90 Å². The van der Waals surface area contributed by atoms with E-state index in [2.05, 4.69) is 21.6 Å². The van der Waals surface area contributed by atoms with Crippen LogP contribution in [0.25, 0.3) is 0 Å². The highest BCUT2D eigenvalue weighted by atomic mass is 35.5. The highest BCUT2D eigenvalue weighted by Crippen LogP contribution is 2.19. The number of hydrogen-bond acceptors (Lipinski definition) is 4. The maximum atomic E-state index is 10.9. The van der Waals surface area contributed by atoms with Gasteiger partial charge in [-0.15, -0.1) is 0 Å². The molecule has 16 heavy (non-hydrogen) atoms. The first-order valence-electron chi connectivity index (χ1n) is 4.62. The van der Waals surface area contributed by atoms with Crippen molar-refractivity contribution in [2.75, 3.05) is 6.61 Å². The van der Waals surface area contributed by atoms with Gasteiger partial charge in [-0.3, -0.25) is 0 Å². The van der Waals surface area contributed by atoms with E-state index in [4.69, 9.17) is 11.6 Å². The van der Waals surface area contributed by atoms with Crippen molar-refractivity contribution in [2.45, 2.75) is 13.0 Å². The van der Waals surface area contributed by atoms with E-state index >= 15 is 0 Å². The Bertz CT molecular complexity index is 436. The largest absolute Gasteiger partial charge is 0.456 e. The topological polar surface area (TPSA) is 59.4 Å². The highest BCUT2D eigenvalue weighted by molar-refractivity contribution is 6.30. The van der Waals surface area contributed by atoms with Gasteiger partial charge in [0.15, 0.2) is 0 Å². The second-order valence-electron chi connectivity index (χ2n) is 2.78. The lowest BCUT2D eigenvalue weighted by Crippen LogP contribution is -2.02. The summed E-state index contributed by atoms with van der Waals surface area (Å²) in [5, 5.41) is 9.77. The molecule has 0 fully saturated rings. The van der Waals surface area contributed by atoms with Crippen molar-refractivity contribution in [1.29, 1.82) is 0 Å². The maximum Gasteiger partial charge on any atom is 0.384 e. The molecule has 0 saturated carbocycles. The molecule has 0 radical (unpaired) electrons. The standard InChI is InChI=1S/C11H10ClNO3/c1-2-16-10(15)6-5-9(14)8-4-3-7-13-11(8)12/h3-4,7,9,14H,2H2,1H3. The smallest absolute Gasteiger partial charge is 0.384 e. The van der Waals surface area contributed by atoms with E-state index in [0.717, 1.165) is 0 Å². The van der Waals surface area contributed by atoms with Crippen LogP contribution in [0, 0.1) is 11.8 Å². The zero-order valence-corrected chi connectivity index (χ0v) is 9.36. The number of carbonyl (C=O) groups excluding carboxylic acids is 1. The minimum atomic E-state index is -1.15. The molecule has 0 aliphatic heterocycles. The van der Waals surface area contributed by atoms with Gasteiger partial charge in [0.25, 0.3) is 0 Å². The molecule has 5 heteroatoms.